The minimum atomic E-state index is -3.50. The molecule has 154 valence electrons. The number of aromatic nitrogens is 1. The van der Waals surface area contributed by atoms with Gasteiger partial charge in [0.2, 0.25) is 15.9 Å². The van der Waals surface area contributed by atoms with Gasteiger partial charge in [-0.2, -0.15) is 0 Å². The minimum absolute atomic E-state index is 0.119. The zero-order valence-electron chi connectivity index (χ0n) is 15.8. The Kier molecular flexibility index (Phi) is 6.53. The lowest BCUT2D eigenvalue weighted by Crippen LogP contribution is -2.41. The van der Waals surface area contributed by atoms with E-state index in [4.69, 9.17) is 0 Å². The molecule has 0 spiro atoms. The van der Waals surface area contributed by atoms with Gasteiger partial charge in [-0.15, -0.1) is 0 Å². The van der Waals surface area contributed by atoms with Crippen LogP contribution in [0.2, 0.25) is 0 Å². The lowest BCUT2D eigenvalue weighted by atomic mass is 9.95. The van der Waals surface area contributed by atoms with E-state index in [1.165, 1.54) is 0 Å². The number of para-hydroxylation sites is 1. The van der Waals surface area contributed by atoms with Gasteiger partial charge in [-0.25, -0.2) is 13.4 Å². The first kappa shape index (κ1) is 21.3. The van der Waals surface area contributed by atoms with Gasteiger partial charge in [0, 0.05) is 29.7 Å². The highest BCUT2D eigenvalue weighted by atomic mass is 79.9. The third-order valence-corrected chi connectivity index (χ3v) is 5.64. The molecule has 1 aliphatic heterocycles. The van der Waals surface area contributed by atoms with Gasteiger partial charge in [-0.3, -0.25) is 14.3 Å². The molecular formula is C19H21BrN4O4S. The van der Waals surface area contributed by atoms with Crippen molar-refractivity contribution in [3.8, 4) is 0 Å². The van der Waals surface area contributed by atoms with Gasteiger partial charge >= 0.3 is 0 Å². The average Bonchev–Trinajstić information content (AvgIpc) is 2.68. The summed E-state index contributed by atoms with van der Waals surface area (Å²) in [7, 11) is -3.50. The van der Waals surface area contributed by atoms with Crippen LogP contribution >= 0.6 is 15.9 Å². The first-order chi connectivity index (χ1) is 13.7. The van der Waals surface area contributed by atoms with Crippen molar-refractivity contribution in [3.63, 3.8) is 0 Å². The molecule has 1 aromatic carbocycles. The number of carbonyl (C=O) groups excluding carboxylic acids is 2. The van der Waals surface area contributed by atoms with E-state index in [-0.39, 0.29) is 23.4 Å². The fourth-order valence-electron chi connectivity index (χ4n) is 3.15. The molecule has 1 fully saturated rings. The number of hydrogen-bond acceptors (Lipinski definition) is 5. The third kappa shape index (κ3) is 5.77. The Hall–Kier alpha value is -2.46. The first-order valence-electron chi connectivity index (χ1n) is 9.01. The minimum Gasteiger partial charge on any atom is -0.339 e. The molecule has 2 heterocycles. The van der Waals surface area contributed by atoms with Crippen LogP contribution in [0.15, 0.2) is 47.1 Å². The van der Waals surface area contributed by atoms with Gasteiger partial charge in [0.15, 0.2) is 0 Å². The zero-order chi connectivity index (χ0) is 21.0. The number of benzene rings is 1. The molecule has 2 aromatic rings. The van der Waals surface area contributed by atoms with Crippen molar-refractivity contribution >= 4 is 49.3 Å². The summed E-state index contributed by atoms with van der Waals surface area (Å²) in [6, 6.07) is 10.0. The number of anilines is 2. The van der Waals surface area contributed by atoms with Crippen molar-refractivity contribution in [2.24, 2.45) is 5.92 Å². The first-order valence-corrected chi connectivity index (χ1v) is 11.7. The Morgan fingerprint density at radius 1 is 1.14 bits per heavy atom. The van der Waals surface area contributed by atoms with Crippen LogP contribution in [-0.4, -0.2) is 49.5 Å². The number of hydrogen-bond donors (Lipinski definition) is 2. The maximum absolute atomic E-state index is 12.9. The third-order valence-electron chi connectivity index (χ3n) is 4.58. The lowest BCUT2D eigenvalue weighted by molar-refractivity contribution is -0.121. The molecule has 3 rings (SSSR count). The maximum atomic E-state index is 12.9. The number of piperidine rings is 1. The van der Waals surface area contributed by atoms with Gasteiger partial charge in [-0.05, 0) is 53.0 Å². The number of pyridine rings is 1. The van der Waals surface area contributed by atoms with Crippen molar-refractivity contribution in [3.05, 3.63) is 52.6 Å². The molecule has 29 heavy (non-hydrogen) atoms. The molecule has 0 saturated carbocycles. The maximum Gasteiger partial charge on any atom is 0.255 e. The normalized spacial score (nSPS) is 15.0. The molecule has 0 atom stereocenters. The molecule has 0 radical (unpaired) electrons. The zero-order valence-corrected chi connectivity index (χ0v) is 18.2. The van der Waals surface area contributed by atoms with Crippen molar-refractivity contribution in [1.82, 2.24) is 9.88 Å². The average molecular weight is 481 g/mol. The molecular weight excluding hydrogens is 460 g/mol. The summed E-state index contributed by atoms with van der Waals surface area (Å²) < 4.78 is 26.3. The topological polar surface area (TPSA) is 108 Å². The number of amides is 2. The van der Waals surface area contributed by atoms with E-state index in [1.807, 2.05) is 0 Å². The summed E-state index contributed by atoms with van der Waals surface area (Å²) in [6.07, 6.45) is 3.70. The van der Waals surface area contributed by atoms with Crippen molar-refractivity contribution < 1.29 is 18.0 Å². The Morgan fingerprint density at radius 2 is 1.83 bits per heavy atom. The monoisotopic (exact) mass is 480 g/mol. The molecule has 8 nitrogen and oxygen atoms in total. The van der Waals surface area contributed by atoms with Crippen LogP contribution in [0.3, 0.4) is 0 Å². The molecule has 1 aromatic heterocycles. The van der Waals surface area contributed by atoms with Crippen molar-refractivity contribution in [1.29, 1.82) is 0 Å². The second-order valence-corrected chi connectivity index (χ2v) is 9.50. The number of sulfonamides is 1. The van der Waals surface area contributed by atoms with Crippen LogP contribution in [0.25, 0.3) is 0 Å². The molecule has 1 saturated heterocycles. The van der Waals surface area contributed by atoms with E-state index < -0.39 is 10.0 Å². The van der Waals surface area contributed by atoms with E-state index in [1.54, 1.807) is 47.5 Å². The fourth-order valence-corrected chi connectivity index (χ4v) is 3.96. The number of halogens is 1. The molecule has 10 heteroatoms. The molecule has 2 amide bonds. The predicted molar refractivity (Wildman–Crippen MR) is 114 cm³/mol. The summed E-state index contributed by atoms with van der Waals surface area (Å²) in [5.41, 5.74) is 0.543. The molecule has 0 bridgehead atoms. The van der Waals surface area contributed by atoms with E-state index in [9.17, 15) is 18.0 Å². The highest BCUT2D eigenvalue weighted by molar-refractivity contribution is 9.10. The smallest absolute Gasteiger partial charge is 0.255 e. The van der Waals surface area contributed by atoms with E-state index >= 15 is 0 Å². The van der Waals surface area contributed by atoms with Gasteiger partial charge in [0.1, 0.15) is 5.82 Å². The highest BCUT2D eigenvalue weighted by Gasteiger charge is 2.29. The number of nitrogens with zero attached hydrogens (tertiary/aromatic N) is 2. The van der Waals surface area contributed by atoms with Crippen molar-refractivity contribution in [2.75, 3.05) is 29.4 Å². The van der Waals surface area contributed by atoms with E-state index in [0.29, 0.717) is 37.3 Å². The summed E-state index contributed by atoms with van der Waals surface area (Å²) in [6.45, 7) is 0.829. The van der Waals surface area contributed by atoms with Crippen LogP contribution < -0.4 is 10.0 Å². The van der Waals surface area contributed by atoms with Gasteiger partial charge in [0.05, 0.1) is 17.5 Å². The molecule has 0 unspecified atom stereocenters. The number of likely N-dealkylation sites (tertiary alicyclic amines) is 1. The van der Waals surface area contributed by atoms with Crippen LogP contribution in [0.5, 0.6) is 0 Å². The Morgan fingerprint density at radius 3 is 2.45 bits per heavy atom. The number of carbonyl (C=O) groups is 2. The molecule has 0 aliphatic carbocycles. The van der Waals surface area contributed by atoms with E-state index in [0.717, 1.165) is 10.7 Å². The van der Waals surface area contributed by atoms with E-state index in [2.05, 4.69) is 31.0 Å². The Bertz CT molecular complexity index is 1000. The predicted octanol–water partition coefficient (Wildman–Crippen LogP) is 2.71. The Balaban J connectivity index is 1.61. The number of rotatable bonds is 5. The summed E-state index contributed by atoms with van der Waals surface area (Å²) in [4.78, 5) is 31.1. The molecule has 1 aliphatic rings. The summed E-state index contributed by atoms with van der Waals surface area (Å²) >= 11 is 3.30. The van der Waals surface area contributed by atoms with Gasteiger partial charge < -0.3 is 10.2 Å². The molecule has 2 N–H and O–H groups in total. The fraction of sp³-hybridized carbons (Fsp3) is 0.316. The summed E-state index contributed by atoms with van der Waals surface area (Å²) in [5, 5.41) is 2.80. The second kappa shape index (κ2) is 8.91. The van der Waals surface area contributed by atoms with Crippen LogP contribution in [-0.2, 0) is 14.8 Å². The second-order valence-electron chi connectivity index (χ2n) is 6.84. The number of nitrogens with one attached hydrogen (secondary N) is 2. The van der Waals surface area contributed by atoms with Crippen LogP contribution in [0.4, 0.5) is 11.5 Å². The van der Waals surface area contributed by atoms with Crippen LogP contribution in [0, 0.1) is 5.92 Å². The lowest BCUT2D eigenvalue weighted by Gasteiger charge is -2.31. The standard InChI is InChI=1S/C19H21BrN4O4S/c1-29(27,28)23-16-5-3-2-4-15(16)19(26)24-10-8-13(9-11-24)18(25)22-17-7-6-14(20)12-21-17/h2-7,12-13,23H,8-11H2,1H3,(H,21,22,25). The van der Waals surface area contributed by atoms with Gasteiger partial charge in [0.25, 0.3) is 5.91 Å². The highest BCUT2D eigenvalue weighted by Crippen LogP contribution is 2.24. The Labute approximate surface area is 177 Å². The summed E-state index contributed by atoms with van der Waals surface area (Å²) in [5.74, 6) is -0.109. The van der Waals surface area contributed by atoms with Crippen LogP contribution in [0.1, 0.15) is 23.2 Å². The van der Waals surface area contributed by atoms with Gasteiger partial charge in [-0.1, -0.05) is 12.1 Å². The van der Waals surface area contributed by atoms with Crippen molar-refractivity contribution in [2.45, 2.75) is 12.8 Å². The SMILES string of the molecule is CS(=O)(=O)Nc1ccccc1C(=O)N1CCC(C(=O)Nc2ccc(Br)cn2)CC1. The quantitative estimate of drug-likeness (QED) is 0.683. The largest absolute Gasteiger partial charge is 0.339 e.